The van der Waals surface area contributed by atoms with Gasteiger partial charge >= 0.3 is 0 Å². The third-order valence-electron chi connectivity index (χ3n) is 6.20. The first-order chi connectivity index (χ1) is 19.4. The normalized spacial score (nSPS) is 15.6. The van der Waals surface area contributed by atoms with Crippen LogP contribution in [0.5, 0.6) is 17.2 Å². The van der Waals surface area contributed by atoms with Crippen molar-refractivity contribution in [1.82, 2.24) is 5.01 Å². The average Bonchev–Trinajstić information content (AvgIpc) is 3.34. The SMILES string of the molecule is CCOc1cc(/C=C2/C(=N)N3N=C(Cc4ccccc4)SC3=NC2=O)ccc1OCCOc1ccc(C)cc1C. The lowest BCUT2D eigenvalue weighted by atomic mass is 10.1. The molecule has 5 rings (SSSR count). The minimum atomic E-state index is -0.471. The summed E-state index contributed by atoms with van der Waals surface area (Å²) in [5.74, 6) is 1.47. The topological polar surface area (TPSA) is 96.6 Å². The molecule has 0 aromatic heterocycles. The molecule has 1 N–H and O–H groups in total. The van der Waals surface area contributed by atoms with Crippen LogP contribution in [0, 0.1) is 19.3 Å². The molecule has 0 saturated heterocycles. The number of fused-ring (bicyclic) bond motifs is 1. The molecule has 2 heterocycles. The number of ether oxygens (including phenoxy) is 3. The smallest absolute Gasteiger partial charge is 0.283 e. The zero-order chi connectivity index (χ0) is 28.1. The van der Waals surface area contributed by atoms with Crippen LogP contribution in [0.3, 0.4) is 0 Å². The summed E-state index contributed by atoms with van der Waals surface area (Å²) in [6, 6.07) is 21.4. The van der Waals surface area contributed by atoms with Gasteiger partial charge in [-0.05, 0) is 73.5 Å². The number of rotatable bonds is 10. The van der Waals surface area contributed by atoms with E-state index in [4.69, 9.17) is 19.6 Å². The highest BCUT2D eigenvalue weighted by atomic mass is 32.2. The van der Waals surface area contributed by atoms with E-state index in [1.54, 1.807) is 18.2 Å². The van der Waals surface area contributed by atoms with Crippen molar-refractivity contribution in [1.29, 1.82) is 5.41 Å². The van der Waals surface area contributed by atoms with Gasteiger partial charge in [-0.1, -0.05) is 54.1 Å². The predicted molar refractivity (Wildman–Crippen MR) is 160 cm³/mol. The molecule has 204 valence electrons. The maximum Gasteiger partial charge on any atom is 0.283 e. The largest absolute Gasteiger partial charge is 0.490 e. The summed E-state index contributed by atoms with van der Waals surface area (Å²) in [7, 11) is 0. The minimum absolute atomic E-state index is 0.00704. The van der Waals surface area contributed by atoms with E-state index in [9.17, 15) is 4.79 Å². The van der Waals surface area contributed by atoms with Crippen molar-refractivity contribution in [3.8, 4) is 17.2 Å². The number of amides is 1. The fourth-order valence-corrected chi connectivity index (χ4v) is 5.23. The van der Waals surface area contributed by atoms with Crippen molar-refractivity contribution in [3.63, 3.8) is 0 Å². The Hall–Kier alpha value is -4.37. The number of carbonyl (C=O) groups is 1. The molecule has 9 heteroatoms. The van der Waals surface area contributed by atoms with Gasteiger partial charge in [0, 0.05) is 6.42 Å². The lowest BCUT2D eigenvalue weighted by molar-refractivity contribution is -0.114. The molecule has 0 aliphatic carbocycles. The van der Waals surface area contributed by atoms with Gasteiger partial charge in [-0.25, -0.2) is 0 Å². The lowest BCUT2D eigenvalue weighted by Crippen LogP contribution is -2.35. The van der Waals surface area contributed by atoms with Crippen LogP contribution in [-0.2, 0) is 11.2 Å². The van der Waals surface area contributed by atoms with Crippen molar-refractivity contribution in [2.45, 2.75) is 27.2 Å². The first kappa shape index (κ1) is 27.2. The predicted octanol–water partition coefficient (Wildman–Crippen LogP) is 6.02. The summed E-state index contributed by atoms with van der Waals surface area (Å²) in [5.41, 5.74) is 4.22. The highest BCUT2D eigenvalue weighted by molar-refractivity contribution is 8.26. The molecule has 0 radical (unpaired) electrons. The van der Waals surface area contributed by atoms with Gasteiger partial charge < -0.3 is 14.2 Å². The van der Waals surface area contributed by atoms with Crippen LogP contribution < -0.4 is 14.2 Å². The summed E-state index contributed by atoms with van der Waals surface area (Å²) in [4.78, 5) is 17.1. The summed E-state index contributed by atoms with van der Waals surface area (Å²) < 4.78 is 17.6. The van der Waals surface area contributed by atoms with Crippen LogP contribution in [0.1, 0.15) is 29.2 Å². The number of aryl methyl sites for hydroxylation is 2. The molecule has 40 heavy (non-hydrogen) atoms. The van der Waals surface area contributed by atoms with E-state index in [2.05, 4.69) is 23.1 Å². The number of thioether (sulfide) groups is 1. The second-order valence-electron chi connectivity index (χ2n) is 9.28. The van der Waals surface area contributed by atoms with Crippen LogP contribution in [0.15, 0.2) is 82.4 Å². The molecule has 2 aliphatic heterocycles. The molecule has 0 saturated carbocycles. The Labute approximate surface area is 237 Å². The fourth-order valence-electron chi connectivity index (χ4n) is 4.31. The highest BCUT2D eigenvalue weighted by Crippen LogP contribution is 2.32. The number of aliphatic imine (C=N–C) groups is 1. The van der Waals surface area contributed by atoms with E-state index >= 15 is 0 Å². The first-order valence-corrected chi connectivity index (χ1v) is 13.9. The minimum Gasteiger partial charge on any atom is -0.490 e. The second kappa shape index (κ2) is 12.2. The van der Waals surface area contributed by atoms with Crippen LogP contribution >= 0.6 is 11.8 Å². The number of amidine groups is 2. The number of nitrogens with one attached hydrogen (secondary N) is 1. The van der Waals surface area contributed by atoms with Gasteiger partial charge in [0.15, 0.2) is 17.3 Å². The fraction of sp³-hybridized carbons (Fsp3) is 0.226. The van der Waals surface area contributed by atoms with Crippen LogP contribution in [0.4, 0.5) is 0 Å². The van der Waals surface area contributed by atoms with Crippen LogP contribution in [0.2, 0.25) is 0 Å². The van der Waals surface area contributed by atoms with Crippen molar-refractivity contribution in [3.05, 3.63) is 94.6 Å². The Bertz CT molecular complexity index is 1530. The van der Waals surface area contributed by atoms with Crippen molar-refractivity contribution in [2.75, 3.05) is 19.8 Å². The van der Waals surface area contributed by atoms with E-state index in [0.717, 1.165) is 21.9 Å². The van der Waals surface area contributed by atoms with E-state index in [0.29, 0.717) is 48.5 Å². The Kier molecular flexibility index (Phi) is 8.31. The van der Waals surface area contributed by atoms with Crippen LogP contribution in [-0.4, -0.2) is 46.8 Å². The van der Waals surface area contributed by atoms with Gasteiger partial charge in [0.2, 0.25) is 5.17 Å². The average molecular weight is 555 g/mol. The van der Waals surface area contributed by atoms with E-state index < -0.39 is 5.91 Å². The van der Waals surface area contributed by atoms with Crippen LogP contribution in [0.25, 0.3) is 6.08 Å². The number of hydrogen-bond acceptors (Lipinski definition) is 7. The Morgan fingerprint density at radius 1 is 0.925 bits per heavy atom. The Morgan fingerprint density at radius 3 is 2.42 bits per heavy atom. The zero-order valence-electron chi connectivity index (χ0n) is 22.6. The van der Waals surface area contributed by atoms with Gasteiger partial charge in [0.05, 0.1) is 12.2 Å². The molecule has 2 aliphatic rings. The van der Waals surface area contributed by atoms with Gasteiger partial charge in [-0.3, -0.25) is 10.2 Å². The summed E-state index contributed by atoms with van der Waals surface area (Å²) in [5, 5.41) is 15.8. The molecule has 3 aromatic carbocycles. The molecule has 0 bridgehead atoms. The molecular weight excluding hydrogens is 524 g/mol. The molecule has 0 unspecified atom stereocenters. The number of nitrogens with zero attached hydrogens (tertiary/aromatic N) is 3. The number of benzene rings is 3. The molecular formula is C31H30N4O4S. The summed E-state index contributed by atoms with van der Waals surface area (Å²) >= 11 is 1.32. The lowest BCUT2D eigenvalue weighted by Gasteiger charge is -2.20. The van der Waals surface area contributed by atoms with Gasteiger partial charge in [-0.15, -0.1) is 0 Å². The maximum atomic E-state index is 12.9. The van der Waals surface area contributed by atoms with Crippen molar-refractivity contribution < 1.29 is 19.0 Å². The molecule has 0 spiro atoms. The maximum absolute atomic E-state index is 12.9. The summed E-state index contributed by atoms with van der Waals surface area (Å²) in [6.45, 7) is 7.13. The molecule has 1 amide bonds. The second-order valence-corrected chi connectivity index (χ2v) is 10.3. The molecule has 8 nitrogen and oxygen atoms in total. The molecule has 0 fully saturated rings. The summed E-state index contributed by atoms with van der Waals surface area (Å²) in [6.07, 6.45) is 2.24. The van der Waals surface area contributed by atoms with Crippen molar-refractivity contribution >= 4 is 39.8 Å². The van der Waals surface area contributed by atoms with E-state index in [1.807, 2.05) is 62.4 Å². The third kappa shape index (κ3) is 6.26. The first-order valence-electron chi connectivity index (χ1n) is 13.0. The third-order valence-corrected chi connectivity index (χ3v) is 7.11. The quantitative estimate of drug-likeness (QED) is 0.243. The van der Waals surface area contributed by atoms with Gasteiger partial charge in [-0.2, -0.15) is 15.1 Å². The molecule has 3 aromatic rings. The number of hydrogen-bond donors (Lipinski definition) is 1. The van der Waals surface area contributed by atoms with E-state index in [-0.39, 0.29) is 11.4 Å². The van der Waals surface area contributed by atoms with Crippen molar-refractivity contribution in [2.24, 2.45) is 10.1 Å². The molecule has 0 atom stereocenters. The van der Waals surface area contributed by atoms with Gasteiger partial charge in [0.25, 0.3) is 5.91 Å². The standard InChI is InChI=1S/C31H30N4O4S/c1-4-37-27-18-23(11-13-26(27)39-15-14-38-25-12-10-20(2)16-21(25)3)17-24-29(32)35-31(33-30(24)36)40-28(34-35)19-22-8-6-5-7-9-22/h5-13,16-18,32H,4,14-15,19H2,1-3H3/b24-17-,32-29?. The number of hydrazone groups is 1. The number of carbonyl (C=O) groups excluding carboxylic acids is 1. The highest BCUT2D eigenvalue weighted by Gasteiger charge is 2.35. The van der Waals surface area contributed by atoms with E-state index in [1.165, 1.54) is 22.3 Å². The Morgan fingerprint density at radius 2 is 1.68 bits per heavy atom. The Balaban J connectivity index is 1.27. The van der Waals surface area contributed by atoms with Gasteiger partial charge in [0.1, 0.15) is 24.0 Å². The zero-order valence-corrected chi connectivity index (χ0v) is 23.5. The monoisotopic (exact) mass is 554 g/mol.